The lowest BCUT2D eigenvalue weighted by Gasteiger charge is -2.13. The molecule has 6 heteroatoms. The van der Waals surface area contributed by atoms with E-state index in [0.29, 0.717) is 11.5 Å². The van der Waals surface area contributed by atoms with Crippen LogP contribution in [0.15, 0.2) is 59.0 Å². The molecule has 4 rings (SSSR count). The van der Waals surface area contributed by atoms with Gasteiger partial charge in [-0.05, 0) is 92.0 Å². The molecule has 0 spiro atoms. The number of anilines is 1. The number of fused-ring (bicyclic) bond motifs is 1. The van der Waals surface area contributed by atoms with Gasteiger partial charge in [-0.2, -0.15) is 0 Å². The average molecular weight is 444 g/mol. The molecule has 1 aromatic heterocycles. The zero-order valence-corrected chi connectivity index (χ0v) is 19.4. The second kappa shape index (κ2) is 8.93. The number of aryl methyl sites for hydroxylation is 3. The van der Waals surface area contributed by atoms with Crippen molar-refractivity contribution in [1.82, 2.24) is 10.3 Å². The van der Waals surface area contributed by atoms with Gasteiger partial charge in [-0.15, -0.1) is 0 Å². The van der Waals surface area contributed by atoms with E-state index in [0.717, 1.165) is 45.5 Å². The minimum atomic E-state index is -0.247. The summed E-state index contributed by atoms with van der Waals surface area (Å²) >= 11 is 5.38. The number of amides is 1. The number of rotatable bonds is 4. The van der Waals surface area contributed by atoms with Crippen LogP contribution in [0.5, 0.6) is 0 Å². The number of benzene rings is 3. The van der Waals surface area contributed by atoms with Gasteiger partial charge < -0.3 is 9.73 Å². The smallest absolute Gasteiger partial charge is 0.257 e. The van der Waals surface area contributed by atoms with E-state index in [-0.39, 0.29) is 11.0 Å². The van der Waals surface area contributed by atoms with Crippen molar-refractivity contribution in [2.45, 2.75) is 34.1 Å². The topological polar surface area (TPSA) is 67.2 Å². The van der Waals surface area contributed by atoms with Crippen LogP contribution in [0.25, 0.3) is 22.6 Å². The van der Waals surface area contributed by atoms with Crippen LogP contribution < -0.4 is 10.6 Å². The van der Waals surface area contributed by atoms with Gasteiger partial charge in [0.05, 0.1) is 0 Å². The van der Waals surface area contributed by atoms with E-state index in [4.69, 9.17) is 21.6 Å². The Bertz CT molecular complexity index is 1320. The fraction of sp³-hybridized carbons (Fsp3) is 0.192. The largest absolute Gasteiger partial charge is 0.436 e. The number of nitrogens with zero attached hydrogens (tertiary/aromatic N) is 1. The van der Waals surface area contributed by atoms with E-state index < -0.39 is 0 Å². The van der Waals surface area contributed by atoms with E-state index in [9.17, 15) is 4.79 Å². The van der Waals surface area contributed by atoms with Gasteiger partial charge in [0.25, 0.3) is 5.91 Å². The molecule has 0 atom stereocenters. The molecule has 0 aliphatic heterocycles. The van der Waals surface area contributed by atoms with E-state index >= 15 is 0 Å². The number of oxazole rings is 1. The lowest BCUT2D eigenvalue weighted by Crippen LogP contribution is -2.34. The molecule has 0 saturated carbocycles. The molecule has 0 bridgehead atoms. The van der Waals surface area contributed by atoms with E-state index in [1.807, 2.05) is 57.2 Å². The number of thiocarbonyl (C=S) groups is 1. The monoisotopic (exact) mass is 443 g/mol. The van der Waals surface area contributed by atoms with Crippen LogP contribution in [0, 0.1) is 20.8 Å². The van der Waals surface area contributed by atoms with Gasteiger partial charge in [0.15, 0.2) is 10.7 Å². The molecule has 0 fully saturated rings. The first-order chi connectivity index (χ1) is 15.4. The van der Waals surface area contributed by atoms with Crippen molar-refractivity contribution < 1.29 is 9.21 Å². The number of hydrogen-bond donors (Lipinski definition) is 2. The standard InChI is InChI=1S/C26H25N3O2S/c1-5-18-9-11-19(12-10-18)24(30)29-26(32)28-21-8-6-7-20(17(21)4)25-27-22-14-15(2)13-16(3)23(22)31-25/h6-14H,5H2,1-4H3,(H2,28,29,30,32). The van der Waals surface area contributed by atoms with Gasteiger partial charge in [0.2, 0.25) is 5.89 Å². The Balaban J connectivity index is 1.54. The van der Waals surface area contributed by atoms with Crippen LogP contribution in [-0.4, -0.2) is 16.0 Å². The summed E-state index contributed by atoms with van der Waals surface area (Å²) in [5.41, 5.74) is 8.16. The lowest BCUT2D eigenvalue weighted by atomic mass is 10.1. The molecule has 0 unspecified atom stereocenters. The molecular weight excluding hydrogens is 418 g/mol. The summed E-state index contributed by atoms with van der Waals surface area (Å²) in [6.45, 7) is 8.11. The summed E-state index contributed by atoms with van der Waals surface area (Å²) < 4.78 is 6.08. The van der Waals surface area contributed by atoms with Gasteiger partial charge in [-0.3, -0.25) is 10.1 Å². The van der Waals surface area contributed by atoms with Crippen molar-refractivity contribution in [3.63, 3.8) is 0 Å². The second-order valence-electron chi connectivity index (χ2n) is 7.89. The fourth-order valence-corrected chi connectivity index (χ4v) is 3.92. The zero-order valence-electron chi connectivity index (χ0n) is 18.6. The molecular formula is C26H25N3O2S. The molecule has 3 aromatic carbocycles. The van der Waals surface area contributed by atoms with Gasteiger partial charge in [0.1, 0.15) is 5.52 Å². The summed E-state index contributed by atoms with van der Waals surface area (Å²) in [5.74, 6) is 0.310. The quantitative estimate of drug-likeness (QED) is 0.373. The molecule has 5 nitrogen and oxygen atoms in total. The summed E-state index contributed by atoms with van der Waals surface area (Å²) in [4.78, 5) is 17.2. The van der Waals surface area contributed by atoms with Crippen molar-refractivity contribution in [3.8, 4) is 11.5 Å². The highest BCUT2D eigenvalue weighted by molar-refractivity contribution is 7.80. The normalized spacial score (nSPS) is 10.9. The van der Waals surface area contributed by atoms with Gasteiger partial charge in [-0.1, -0.05) is 31.2 Å². The van der Waals surface area contributed by atoms with Crippen molar-refractivity contribution in [2.24, 2.45) is 0 Å². The Morgan fingerprint density at radius 3 is 2.53 bits per heavy atom. The van der Waals surface area contributed by atoms with E-state index in [2.05, 4.69) is 23.6 Å². The van der Waals surface area contributed by atoms with Gasteiger partial charge in [-0.25, -0.2) is 4.98 Å². The maximum atomic E-state index is 12.5. The molecule has 0 aliphatic carbocycles. The molecule has 1 heterocycles. The predicted octanol–water partition coefficient (Wildman–Crippen LogP) is 6.11. The summed E-state index contributed by atoms with van der Waals surface area (Å²) in [6.07, 6.45) is 0.927. The highest BCUT2D eigenvalue weighted by atomic mass is 32.1. The Morgan fingerprint density at radius 2 is 1.81 bits per heavy atom. The molecule has 0 saturated heterocycles. The number of aromatic nitrogens is 1. The summed E-state index contributed by atoms with van der Waals surface area (Å²) in [7, 11) is 0. The molecule has 4 aromatic rings. The first-order valence-corrected chi connectivity index (χ1v) is 11.0. The fourth-order valence-electron chi connectivity index (χ4n) is 3.72. The molecule has 0 radical (unpaired) electrons. The molecule has 162 valence electrons. The van der Waals surface area contributed by atoms with Crippen LogP contribution >= 0.6 is 12.2 Å². The Kier molecular flexibility index (Phi) is 6.06. The Labute approximate surface area is 192 Å². The first kappa shape index (κ1) is 21.7. The minimum Gasteiger partial charge on any atom is -0.436 e. The van der Waals surface area contributed by atoms with Crippen LogP contribution in [0.1, 0.15) is 39.5 Å². The second-order valence-corrected chi connectivity index (χ2v) is 8.29. The SMILES string of the molecule is CCc1ccc(C(=O)NC(=S)Nc2cccc(-c3nc4cc(C)cc(C)c4o3)c2C)cc1. The van der Waals surface area contributed by atoms with Crippen LogP contribution in [0.2, 0.25) is 0 Å². The molecule has 1 amide bonds. The van der Waals surface area contributed by atoms with Crippen molar-refractivity contribution in [2.75, 3.05) is 5.32 Å². The summed E-state index contributed by atoms with van der Waals surface area (Å²) in [5, 5.41) is 6.11. The Hall–Kier alpha value is -3.51. The average Bonchev–Trinajstić information content (AvgIpc) is 3.19. The molecule has 2 N–H and O–H groups in total. The highest BCUT2D eigenvalue weighted by Gasteiger charge is 2.15. The maximum absolute atomic E-state index is 12.5. The Morgan fingerprint density at radius 1 is 1.06 bits per heavy atom. The number of nitrogens with one attached hydrogen (secondary N) is 2. The van der Waals surface area contributed by atoms with Gasteiger partial charge >= 0.3 is 0 Å². The number of carbonyl (C=O) groups is 1. The van der Waals surface area contributed by atoms with Crippen molar-refractivity contribution >= 4 is 40.0 Å². The van der Waals surface area contributed by atoms with Crippen molar-refractivity contribution in [1.29, 1.82) is 0 Å². The van der Waals surface area contributed by atoms with Crippen LogP contribution in [0.4, 0.5) is 5.69 Å². The van der Waals surface area contributed by atoms with E-state index in [1.165, 1.54) is 5.56 Å². The number of hydrogen-bond acceptors (Lipinski definition) is 4. The van der Waals surface area contributed by atoms with E-state index in [1.54, 1.807) is 12.1 Å². The zero-order chi connectivity index (χ0) is 22.8. The third kappa shape index (κ3) is 4.41. The van der Waals surface area contributed by atoms with Gasteiger partial charge in [0, 0.05) is 16.8 Å². The van der Waals surface area contributed by atoms with Crippen LogP contribution in [0.3, 0.4) is 0 Å². The minimum absolute atomic E-state index is 0.235. The third-order valence-electron chi connectivity index (χ3n) is 5.48. The number of carbonyl (C=O) groups excluding carboxylic acids is 1. The highest BCUT2D eigenvalue weighted by Crippen LogP contribution is 2.32. The molecule has 32 heavy (non-hydrogen) atoms. The predicted molar refractivity (Wildman–Crippen MR) is 133 cm³/mol. The van der Waals surface area contributed by atoms with Crippen LogP contribution in [-0.2, 0) is 6.42 Å². The van der Waals surface area contributed by atoms with Crippen molar-refractivity contribution in [3.05, 3.63) is 82.4 Å². The lowest BCUT2D eigenvalue weighted by molar-refractivity contribution is 0.0977. The molecule has 0 aliphatic rings. The third-order valence-corrected chi connectivity index (χ3v) is 5.69. The summed E-state index contributed by atoms with van der Waals surface area (Å²) in [6, 6.07) is 17.4. The maximum Gasteiger partial charge on any atom is 0.257 e. The first-order valence-electron chi connectivity index (χ1n) is 10.5.